The third kappa shape index (κ3) is 3.50. The third-order valence-electron chi connectivity index (χ3n) is 6.67. The topological polar surface area (TPSA) is 78.4 Å². The summed E-state index contributed by atoms with van der Waals surface area (Å²) < 4.78 is 0.823. The van der Waals surface area contributed by atoms with Crippen LogP contribution in [0.2, 0.25) is 0 Å². The average molecular weight is 503 g/mol. The Bertz CT molecular complexity index is 1260. The van der Waals surface area contributed by atoms with Crippen LogP contribution in [-0.4, -0.2) is 22.8 Å². The van der Waals surface area contributed by atoms with Gasteiger partial charge in [0.15, 0.2) is 5.78 Å². The first kappa shape index (κ1) is 21.6. The Kier molecular flexibility index (Phi) is 5.43. The van der Waals surface area contributed by atoms with E-state index < -0.39 is 11.5 Å². The molecule has 0 aromatic heterocycles. The number of nitrogens with one attached hydrogen (secondary N) is 2. The van der Waals surface area contributed by atoms with Crippen molar-refractivity contribution in [2.24, 2.45) is 5.92 Å². The Morgan fingerprint density at radius 1 is 1.03 bits per heavy atom. The van der Waals surface area contributed by atoms with Crippen LogP contribution in [0.15, 0.2) is 89.4 Å². The number of amides is 1. The molecule has 3 aromatic rings. The summed E-state index contributed by atoms with van der Waals surface area (Å²) in [5, 5.41) is 17.2. The van der Waals surface area contributed by atoms with E-state index in [-0.39, 0.29) is 29.4 Å². The van der Waals surface area contributed by atoms with E-state index in [2.05, 4.69) is 26.6 Å². The Balaban J connectivity index is 1.68. The summed E-state index contributed by atoms with van der Waals surface area (Å²) in [4.78, 5) is 27.4. The molecule has 3 aromatic carbocycles. The molecular formula is C27H23BrN2O3. The van der Waals surface area contributed by atoms with E-state index in [9.17, 15) is 14.7 Å². The Morgan fingerprint density at radius 2 is 1.70 bits per heavy atom. The minimum atomic E-state index is -1.25. The Labute approximate surface area is 200 Å². The van der Waals surface area contributed by atoms with Gasteiger partial charge in [-0.05, 0) is 30.7 Å². The molecule has 5 nitrogen and oxygen atoms in total. The molecular weight excluding hydrogens is 480 g/mol. The van der Waals surface area contributed by atoms with Crippen LogP contribution < -0.4 is 10.6 Å². The normalized spacial score (nSPS) is 26.3. The molecule has 166 valence electrons. The standard InChI is InChI=1S/C27H23BrN2O3/c1-16-24(18-10-6-3-7-11-18)25(23(32)15-22(31)17-8-4-2-5-9-17)27(30-16)20-14-19(28)12-13-21(20)29-26(27)33/h2-16,24-25,30-31H,1H3,(H,29,33)/b22-15-/t16-,24+,25+,27+/m1/s1. The van der Waals surface area contributed by atoms with Gasteiger partial charge in [0.1, 0.15) is 11.3 Å². The van der Waals surface area contributed by atoms with Crippen molar-refractivity contribution in [2.45, 2.75) is 24.4 Å². The molecule has 1 amide bonds. The van der Waals surface area contributed by atoms with Gasteiger partial charge in [-0.1, -0.05) is 76.6 Å². The molecule has 33 heavy (non-hydrogen) atoms. The summed E-state index contributed by atoms with van der Waals surface area (Å²) >= 11 is 3.51. The summed E-state index contributed by atoms with van der Waals surface area (Å²) in [6.07, 6.45) is 1.26. The highest BCUT2D eigenvalue weighted by molar-refractivity contribution is 9.10. The number of aliphatic hydroxyl groups is 1. The lowest BCUT2D eigenvalue weighted by atomic mass is 9.71. The molecule has 4 atom stereocenters. The van der Waals surface area contributed by atoms with Gasteiger partial charge in [0.2, 0.25) is 5.91 Å². The van der Waals surface area contributed by atoms with Gasteiger partial charge in [0.25, 0.3) is 0 Å². The fourth-order valence-electron chi connectivity index (χ4n) is 5.31. The number of hydrogen-bond donors (Lipinski definition) is 3. The average Bonchev–Trinajstić information content (AvgIpc) is 3.28. The first-order valence-electron chi connectivity index (χ1n) is 10.9. The van der Waals surface area contributed by atoms with E-state index in [4.69, 9.17) is 0 Å². The number of rotatable bonds is 4. The zero-order chi connectivity index (χ0) is 23.2. The van der Waals surface area contributed by atoms with Crippen molar-refractivity contribution in [3.05, 3.63) is 106 Å². The van der Waals surface area contributed by atoms with Crippen LogP contribution in [0.1, 0.15) is 29.5 Å². The molecule has 0 saturated carbocycles. The lowest BCUT2D eigenvalue weighted by Crippen LogP contribution is -2.51. The number of carbonyl (C=O) groups excluding carboxylic acids is 2. The minimum absolute atomic E-state index is 0.116. The maximum Gasteiger partial charge on any atom is 0.250 e. The number of allylic oxidation sites excluding steroid dienone is 1. The van der Waals surface area contributed by atoms with Gasteiger partial charge in [-0.3, -0.25) is 14.9 Å². The summed E-state index contributed by atoms with van der Waals surface area (Å²) in [5.41, 5.74) is 1.69. The van der Waals surface area contributed by atoms with E-state index >= 15 is 0 Å². The van der Waals surface area contributed by atoms with Crippen molar-refractivity contribution in [1.29, 1.82) is 0 Å². The molecule has 2 aliphatic rings. The van der Waals surface area contributed by atoms with Crippen molar-refractivity contribution in [1.82, 2.24) is 5.32 Å². The molecule has 2 heterocycles. The van der Waals surface area contributed by atoms with Crippen LogP contribution in [0.3, 0.4) is 0 Å². The number of halogens is 1. The molecule has 1 saturated heterocycles. The second-order valence-corrected chi connectivity index (χ2v) is 9.51. The molecule has 1 fully saturated rings. The first-order chi connectivity index (χ1) is 15.9. The van der Waals surface area contributed by atoms with Crippen LogP contribution >= 0.6 is 15.9 Å². The second-order valence-electron chi connectivity index (χ2n) is 8.60. The molecule has 3 N–H and O–H groups in total. The maximum absolute atomic E-state index is 13.9. The Morgan fingerprint density at radius 3 is 2.39 bits per heavy atom. The van der Waals surface area contributed by atoms with Crippen LogP contribution in [0, 0.1) is 5.92 Å². The van der Waals surface area contributed by atoms with E-state index in [1.165, 1.54) is 6.08 Å². The second kappa shape index (κ2) is 8.28. The van der Waals surface area contributed by atoms with Gasteiger partial charge in [-0.25, -0.2) is 0 Å². The zero-order valence-electron chi connectivity index (χ0n) is 18.0. The lowest BCUT2D eigenvalue weighted by Gasteiger charge is -2.30. The smallest absolute Gasteiger partial charge is 0.250 e. The number of benzene rings is 3. The molecule has 2 aliphatic heterocycles. The Hall–Kier alpha value is -3.22. The van der Waals surface area contributed by atoms with Crippen LogP contribution in [0.5, 0.6) is 0 Å². The van der Waals surface area contributed by atoms with Gasteiger partial charge in [-0.2, -0.15) is 0 Å². The fourth-order valence-corrected chi connectivity index (χ4v) is 5.67. The number of aliphatic hydroxyl groups excluding tert-OH is 1. The largest absolute Gasteiger partial charge is 0.507 e. The zero-order valence-corrected chi connectivity index (χ0v) is 19.5. The summed E-state index contributed by atoms with van der Waals surface area (Å²) in [6, 6.07) is 24.1. The quantitative estimate of drug-likeness (QED) is 0.340. The first-order valence-corrected chi connectivity index (χ1v) is 11.6. The molecule has 0 aliphatic carbocycles. The molecule has 5 rings (SSSR count). The van der Waals surface area contributed by atoms with E-state index in [0.29, 0.717) is 11.3 Å². The van der Waals surface area contributed by atoms with E-state index in [0.717, 1.165) is 15.6 Å². The van der Waals surface area contributed by atoms with Gasteiger partial charge in [0.05, 0.1) is 5.92 Å². The number of ketones is 1. The summed E-state index contributed by atoms with van der Waals surface area (Å²) in [7, 11) is 0. The monoisotopic (exact) mass is 502 g/mol. The van der Waals surface area contributed by atoms with Crippen molar-refractivity contribution in [3.63, 3.8) is 0 Å². The van der Waals surface area contributed by atoms with E-state index in [1.54, 1.807) is 24.3 Å². The van der Waals surface area contributed by atoms with Crippen molar-refractivity contribution >= 4 is 39.1 Å². The minimum Gasteiger partial charge on any atom is -0.507 e. The van der Waals surface area contributed by atoms with Crippen LogP contribution in [-0.2, 0) is 15.1 Å². The van der Waals surface area contributed by atoms with Gasteiger partial charge >= 0.3 is 0 Å². The van der Waals surface area contributed by atoms with Crippen molar-refractivity contribution in [3.8, 4) is 0 Å². The number of fused-ring (bicyclic) bond motifs is 2. The summed E-state index contributed by atoms with van der Waals surface area (Å²) in [6.45, 7) is 2.00. The van der Waals surface area contributed by atoms with Crippen molar-refractivity contribution < 1.29 is 14.7 Å². The highest BCUT2D eigenvalue weighted by atomic mass is 79.9. The molecule has 0 unspecified atom stereocenters. The fraction of sp³-hybridized carbons (Fsp3) is 0.185. The van der Waals surface area contributed by atoms with Gasteiger partial charge in [-0.15, -0.1) is 0 Å². The van der Waals surface area contributed by atoms with Crippen molar-refractivity contribution in [2.75, 3.05) is 5.32 Å². The van der Waals surface area contributed by atoms with Gasteiger partial charge < -0.3 is 10.4 Å². The maximum atomic E-state index is 13.9. The van der Waals surface area contributed by atoms with E-state index in [1.807, 2.05) is 61.5 Å². The highest BCUT2D eigenvalue weighted by Crippen LogP contribution is 2.53. The predicted molar refractivity (Wildman–Crippen MR) is 132 cm³/mol. The number of hydrogen-bond acceptors (Lipinski definition) is 4. The van der Waals surface area contributed by atoms with Crippen LogP contribution in [0.4, 0.5) is 5.69 Å². The molecule has 0 radical (unpaired) electrons. The third-order valence-corrected chi connectivity index (χ3v) is 7.17. The predicted octanol–water partition coefficient (Wildman–Crippen LogP) is 5.16. The number of anilines is 1. The molecule has 0 bridgehead atoms. The molecule has 1 spiro atoms. The van der Waals surface area contributed by atoms with Crippen LogP contribution in [0.25, 0.3) is 5.76 Å². The SMILES string of the molecule is C[C@H]1N[C@]2(C(=O)Nc3ccc(Br)cc32)[C@@H](C(=O)/C=C(\O)c2ccccc2)[C@@H]1c1ccccc1. The summed E-state index contributed by atoms with van der Waals surface area (Å²) in [5.74, 6) is -1.70. The number of carbonyl (C=O) groups is 2. The van der Waals surface area contributed by atoms with Gasteiger partial charge in [0, 0.05) is 39.3 Å². The molecule has 6 heteroatoms. The highest BCUT2D eigenvalue weighted by Gasteiger charge is 2.63. The lowest BCUT2D eigenvalue weighted by molar-refractivity contribution is -0.129.